The first-order valence-electron chi connectivity index (χ1n) is 5.18. The molecule has 0 aliphatic rings. The first-order chi connectivity index (χ1) is 7.59. The van der Waals surface area contributed by atoms with Crippen LogP contribution in [0.3, 0.4) is 0 Å². The quantitative estimate of drug-likeness (QED) is 0.666. The van der Waals surface area contributed by atoms with Crippen LogP contribution in [0.2, 0.25) is 0 Å². The van der Waals surface area contributed by atoms with Crippen molar-refractivity contribution in [1.29, 1.82) is 0 Å². The first-order valence-corrected chi connectivity index (χ1v) is 5.18. The third kappa shape index (κ3) is 4.35. The smallest absolute Gasteiger partial charge is 0.311 e. The second-order valence-corrected chi connectivity index (χ2v) is 3.66. The van der Waals surface area contributed by atoms with E-state index in [1.807, 2.05) is 13.8 Å². The summed E-state index contributed by atoms with van der Waals surface area (Å²) in [6.45, 7) is 5.12. The number of ether oxygens (including phenoxy) is 1. The molecule has 0 aromatic carbocycles. The van der Waals surface area contributed by atoms with E-state index in [1.165, 1.54) is 4.68 Å². The van der Waals surface area contributed by atoms with Gasteiger partial charge in [-0.1, -0.05) is 0 Å². The van der Waals surface area contributed by atoms with E-state index in [9.17, 15) is 4.79 Å². The van der Waals surface area contributed by atoms with Crippen molar-refractivity contribution in [3.8, 4) is 0 Å². The van der Waals surface area contributed by atoms with Crippen LogP contribution in [0.25, 0.3) is 0 Å². The molecule has 0 saturated heterocycles. The Labute approximate surface area is 93.4 Å². The third-order valence-electron chi connectivity index (χ3n) is 1.88. The molecule has 0 radical (unpaired) electrons. The van der Waals surface area contributed by atoms with E-state index in [2.05, 4.69) is 15.5 Å². The second kappa shape index (κ2) is 6.16. The molecule has 1 rings (SSSR count). The monoisotopic (exact) mass is 228 g/mol. The third-order valence-corrected chi connectivity index (χ3v) is 1.88. The summed E-state index contributed by atoms with van der Waals surface area (Å²) in [5.74, 6) is -0.563. The molecule has 1 heterocycles. The fourth-order valence-electron chi connectivity index (χ4n) is 1.19. The van der Waals surface area contributed by atoms with Crippen LogP contribution < -0.4 is 0 Å². The Morgan fingerprint density at radius 1 is 1.56 bits per heavy atom. The number of carboxylic acids is 1. The number of aliphatic carboxylic acids is 1. The lowest BCUT2D eigenvalue weighted by molar-refractivity contribution is -0.136. The Balaban J connectivity index is 2.36. The van der Waals surface area contributed by atoms with Gasteiger partial charge < -0.3 is 9.84 Å². The molecule has 0 saturated carbocycles. The molecule has 0 unspecified atom stereocenters. The van der Waals surface area contributed by atoms with Gasteiger partial charge in [-0.3, -0.25) is 4.79 Å². The van der Waals surface area contributed by atoms with Crippen molar-refractivity contribution in [1.82, 2.24) is 20.2 Å². The first kappa shape index (κ1) is 12.6. The van der Waals surface area contributed by atoms with E-state index >= 15 is 0 Å². The summed E-state index contributed by atoms with van der Waals surface area (Å²) in [5.41, 5.74) is 0. The van der Waals surface area contributed by atoms with Gasteiger partial charge in [-0.15, -0.1) is 5.10 Å². The number of rotatable bonds is 7. The predicted octanol–water partition coefficient (Wildman–Crippen LogP) is 0.115. The average Bonchev–Trinajstić information content (AvgIpc) is 2.59. The average molecular weight is 228 g/mol. The summed E-state index contributed by atoms with van der Waals surface area (Å²) >= 11 is 0. The lowest BCUT2D eigenvalue weighted by atomic mass is 10.4. The molecule has 0 spiro atoms. The van der Waals surface area contributed by atoms with Gasteiger partial charge in [0.1, 0.15) is 6.42 Å². The van der Waals surface area contributed by atoms with Gasteiger partial charge in [0.25, 0.3) is 0 Å². The van der Waals surface area contributed by atoms with E-state index in [1.54, 1.807) is 0 Å². The van der Waals surface area contributed by atoms with Crippen LogP contribution in [0.4, 0.5) is 0 Å². The Morgan fingerprint density at radius 2 is 2.31 bits per heavy atom. The van der Waals surface area contributed by atoms with Crippen LogP contribution in [-0.2, 0) is 22.5 Å². The summed E-state index contributed by atoms with van der Waals surface area (Å²) < 4.78 is 6.86. The Morgan fingerprint density at radius 3 is 2.94 bits per heavy atom. The highest BCUT2D eigenvalue weighted by atomic mass is 16.5. The fraction of sp³-hybridized carbons (Fsp3) is 0.778. The van der Waals surface area contributed by atoms with Crippen LogP contribution in [0.1, 0.15) is 26.1 Å². The minimum atomic E-state index is -0.936. The molecule has 0 aliphatic heterocycles. The molecule has 7 nitrogen and oxygen atoms in total. The SMILES string of the molecule is CC(C)OCCCn1nnnc1CC(=O)O. The molecule has 0 amide bonds. The van der Waals surface area contributed by atoms with E-state index in [4.69, 9.17) is 9.84 Å². The van der Waals surface area contributed by atoms with Crippen molar-refractivity contribution in [2.24, 2.45) is 0 Å². The number of hydrogen-bond donors (Lipinski definition) is 1. The minimum absolute atomic E-state index is 0.155. The number of aromatic nitrogens is 4. The van der Waals surface area contributed by atoms with Crippen LogP contribution in [0.15, 0.2) is 0 Å². The van der Waals surface area contributed by atoms with Gasteiger partial charge in [0.2, 0.25) is 0 Å². The highest BCUT2D eigenvalue weighted by Gasteiger charge is 2.09. The van der Waals surface area contributed by atoms with E-state index in [0.29, 0.717) is 19.0 Å². The van der Waals surface area contributed by atoms with Crippen LogP contribution >= 0.6 is 0 Å². The number of tetrazole rings is 1. The van der Waals surface area contributed by atoms with Gasteiger partial charge in [0.05, 0.1) is 6.10 Å². The molecule has 1 aromatic heterocycles. The van der Waals surface area contributed by atoms with E-state index in [-0.39, 0.29) is 12.5 Å². The normalized spacial score (nSPS) is 10.9. The van der Waals surface area contributed by atoms with Crippen molar-refractivity contribution in [3.63, 3.8) is 0 Å². The summed E-state index contributed by atoms with van der Waals surface area (Å²) in [7, 11) is 0. The van der Waals surface area contributed by atoms with Gasteiger partial charge in [-0.2, -0.15) is 0 Å². The topological polar surface area (TPSA) is 90.1 Å². The maximum Gasteiger partial charge on any atom is 0.311 e. The summed E-state index contributed by atoms with van der Waals surface area (Å²) in [6, 6.07) is 0. The van der Waals surface area contributed by atoms with Crippen molar-refractivity contribution < 1.29 is 14.6 Å². The molecule has 1 aromatic rings. The molecule has 16 heavy (non-hydrogen) atoms. The molecule has 1 N–H and O–H groups in total. The number of carboxylic acid groups (broad SMARTS) is 1. The minimum Gasteiger partial charge on any atom is -0.481 e. The summed E-state index contributed by atoms with van der Waals surface area (Å²) in [5, 5.41) is 19.4. The summed E-state index contributed by atoms with van der Waals surface area (Å²) in [4.78, 5) is 10.5. The summed E-state index contributed by atoms with van der Waals surface area (Å²) in [6.07, 6.45) is 0.806. The fourth-order valence-corrected chi connectivity index (χ4v) is 1.19. The lowest BCUT2D eigenvalue weighted by Crippen LogP contribution is -2.13. The van der Waals surface area contributed by atoms with Crippen molar-refractivity contribution in [3.05, 3.63) is 5.82 Å². The van der Waals surface area contributed by atoms with Crippen LogP contribution in [0, 0.1) is 0 Å². The van der Waals surface area contributed by atoms with Gasteiger partial charge in [-0.05, 0) is 30.7 Å². The molecule has 7 heteroatoms. The zero-order valence-electron chi connectivity index (χ0n) is 9.46. The number of hydrogen-bond acceptors (Lipinski definition) is 5. The molecular weight excluding hydrogens is 212 g/mol. The van der Waals surface area contributed by atoms with E-state index in [0.717, 1.165) is 6.42 Å². The van der Waals surface area contributed by atoms with Crippen LogP contribution in [0.5, 0.6) is 0 Å². The number of aryl methyl sites for hydroxylation is 1. The van der Waals surface area contributed by atoms with E-state index < -0.39 is 5.97 Å². The van der Waals surface area contributed by atoms with Gasteiger partial charge in [-0.25, -0.2) is 4.68 Å². The van der Waals surface area contributed by atoms with Gasteiger partial charge >= 0.3 is 5.97 Å². The van der Waals surface area contributed by atoms with Crippen molar-refractivity contribution in [2.75, 3.05) is 6.61 Å². The second-order valence-electron chi connectivity index (χ2n) is 3.66. The standard InChI is InChI=1S/C9H16N4O3/c1-7(2)16-5-3-4-13-8(6-9(14)15)10-11-12-13/h7H,3-6H2,1-2H3,(H,14,15). The Kier molecular flexibility index (Phi) is 4.84. The molecule has 0 atom stereocenters. The largest absolute Gasteiger partial charge is 0.481 e. The number of nitrogens with zero attached hydrogens (tertiary/aromatic N) is 4. The maximum absolute atomic E-state index is 10.5. The number of carbonyl (C=O) groups is 1. The Bertz CT molecular complexity index is 337. The van der Waals surface area contributed by atoms with Crippen molar-refractivity contribution in [2.45, 2.75) is 39.3 Å². The Hall–Kier alpha value is -1.50. The molecule has 0 fully saturated rings. The molecule has 0 aliphatic carbocycles. The van der Waals surface area contributed by atoms with Crippen LogP contribution in [-0.4, -0.2) is 44.0 Å². The molecular formula is C9H16N4O3. The zero-order valence-corrected chi connectivity index (χ0v) is 9.46. The molecule has 0 bridgehead atoms. The lowest BCUT2D eigenvalue weighted by Gasteiger charge is -2.07. The van der Waals surface area contributed by atoms with Gasteiger partial charge in [0.15, 0.2) is 5.82 Å². The van der Waals surface area contributed by atoms with Gasteiger partial charge in [0, 0.05) is 13.2 Å². The highest BCUT2D eigenvalue weighted by Crippen LogP contribution is 1.97. The van der Waals surface area contributed by atoms with Crippen molar-refractivity contribution >= 4 is 5.97 Å². The maximum atomic E-state index is 10.5. The zero-order chi connectivity index (χ0) is 12.0. The predicted molar refractivity (Wildman–Crippen MR) is 54.9 cm³/mol. The molecule has 90 valence electrons. The highest BCUT2D eigenvalue weighted by molar-refractivity contribution is 5.68.